The van der Waals surface area contributed by atoms with Gasteiger partial charge < -0.3 is 15.3 Å². The van der Waals surface area contributed by atoms with E-state index in [0.29, 0.717) is 13.0 Å². The van der Waals surface area contributed by atoms with Crippen LogP contribution in [-0.4, -0.2) is 48.1 Å². The molecule has 5 heteroatoms. The molecule has 0 aromatic rings. The van der Waals surface area contributed by atoms with Gasteiger partial charge in [0.25, 0.3) is 0 Å². The van der Waals surface area contributed by atoms with Crippen LogP contribution in [0.25, 0.3) is 0 Å². The first-order chi connectivity index (χ1) is 8.58. The molecular formula is C13H24N2O3. The molecule has 0 aromatic heterocycles. The number of hydrogen-bond acceptors (Lipinski definition) is 3. The van der Waals surface area contributed by atoms with E-state index in [0.717, 1.165) is 13.0 Å². The molecule has 1 aliphatic rings. The summed E-state index contributed by atoms with van der Waals surface area (Å²) in [6.07, 6.45) is 3.91. The molecule has 1 fully saturated rings. The molecule has 0 spiro atoms. The molecule has 1 rings (SSSR count). The van der Waals surface area contributed by atoms with Gasteiger partial charge in [-0.3, -0.25) is 9.59 Å². The predicted octanol–water partition coefficient (Wildman–Crippen LogP) is 1.09. The molecule has 5 nitrogen and oxygen atoms in total. The summed E-state index contributed by atoms with van der Waals surface area (Å²) in [6.45, 7) is 5.89. The van der Waals surface area contributed by atoms with Crippen molar-refractivity contribution >= 4 is 11.9 Å². The van der Waals surface area contributed by atoms with E-state index in [4.69, 9.17) is 5.11 Å². The van der Waals surface area contributed by atoms with E-state index >= 15 is 0 Å². The van der Waals surface area contributed by atoms with Gasteiger partial charge in [-0.15, -0.1) is 0 Å². The number of carboxylic acid groups (broad SMARTS) is 1. The molecule has 0 radical (unpaired) electrons. The van der Waals surface area contributed by atoms with Crippen molar-refractivity contribution in [3.8, 4) is 0 Å². The minimum atomic E-state index is -0.843. The quantitative estimate of drug-likeness (QED) is 0.638. The first-order valence-corrected chi connectivity index (χ1v) is 6.79. The third kappa shape index (κ3) is 6.59. The van der Waals surface area contributed by atoms with E-state index in [2.05, 4.69) is 10.2 Å². The Balaban J connectivity index is 2.00. The van der Waals surface area contributed by atoms with Gasteiger partial charge in [-0.25, -0.2) is 0 Å². The monoisotopic (exact) mass is 256 g/mol. The fraction of sp³-hybridized carbons (Fsp3) is 0.846. The first-order valence-electron chi connectivity index (χ1n) is 6.79. The number of nitrogens with one attached hydrogen (secondary N) is 1. The Hall–Kier alpha value is -1.10. The molecule has 1 atom stereocenters. The topological polar surface area (TPSA) is 69.6 Å². The van der Waals surface area contributed by atoms with Crippen molar-refractivity contribution < 1.29 is 14.7 Å². The standard InChI is InChI=1S/C13H24N2O3/c1-11(10-13(17)18)9-12(16)14-5-4-8-15-6-2-3-7-15/h11H,2-10H2,1H3,(H,14,16)(H,17,18). The Morgan fingerprint density at radius 1 is 1.28 bits per heavy atom. The molecule has 18 heavy (non-hydrogen) atoms. The van der Waals surface area contributed by atoms with Crippen LogP contribution in [0.15, 0.2) is 0 Å². The Bertz CT molecular complexity index is 275. The van der Waals surface area contributed by atoms with Gasteiger partial charge >= 0.3 is 5.97 Å². The Kier molecular flexibility index (Phi) is 6.72. The molecule has 0 saturated carbocycles. The molecule has 0 aliphatic carbocycles. The molecule has 104 valence electrons. The largest absolute Gasteiger partial charge is 0.481 e. The van der Waals surface area contributed by atoms with Gasteiger partial charge in [-0.2, -0.15) is 0 Å². The van der Waals surface area contributed by atoms with Crippen LogP contribution < -0.4 is 5.32 Å². The smallest absolute Gasteiger partial charge is 0.303 e. The number of rotatable bonds is 8. The summed E-state index contributed by atoms with van der Waals surface area (Å²) in [5.74, 6) is -0.976. The average Bonchev–Trinajstić information content (AvgIpc) is 2.75. The minimum Gasteiger partial charge on any atom is -0.481 e. The van der Waals surface area contributed by atoms with Crippen LogP contribution >= 0.6 is 0 Å². The number of aliphatic carboxylic acids is 1. The second-order valence-corrected chi connectivity index (χ2v) is 5.16. The Morgan fingerprint density at radius 2 is 1.94 bits per heavy atom. The van der Waals surface area contributed by atoms with Gasteiger partial charge in [-0.05, 0) is 44.8 Å². The van der Waals surface area contributed by atoms with Crippen LogP contribution in [0.1, 0.15) is 39.0 Å². The highest BCUT2D eigenvalue weighted by Gasteiger charge is 2.13. The van der Waals surface area contributed by atoms with E-state index in [1.165, 1.54) is 25.9 Å². The van der Waals surface area contributed by atoms with Gasteiger partial charge in [0.2, 0.25) is 5.91 Å². The number of hydrogen-bond donors (Lipinski definition) is 2. The van der Waals surface area contributed by atoms with Gasteiger partial charge in [0.1, 0.15) is 0 Å². The second kappa shape index (κ2) is 8.08. The molecular weight excluding hydrogens is 232 g/mol. The molecule has 1 heterocycles. The van der Waals surface area contributed by atoms with Crippen molar-refractivity contribution in [3.05, 3.63) is 0 Å². The summed E-state index contributed by atoms with van der Waals surface area (Å²) in [5.41, 5.74) is 0. The second-order valence-electron chi connectivity index (χ2n) is 5.16. The van der Waals surface area contributed by atoms with Gasteiger partial charge in [0, 0.05) is 19.4 Å². The van der Waals surface area contributed by atoms with Gasteiger partial charge in [0.15, 0.2) is 0 Å². The van der Waals surface area contributed by atoms with E-state index < -0.39 is 5.97 Å². The maximum absolute atomic E-state index is 11.5. The van der Waals surface area contributed by atoms with E-state index in [-0.39, 0.29) is 18.2 Å². The summed E-state index contributed by atoms with van der Waals surface area (Å²) in [6, 6.07) is 0. The molecule has 2 N–H and O–H groups in total. The SMILES string of the molecule is CC(CC(=O)O)CC(=O)NCCCN1CCCC1. The summed E-state index contributed by atoms with van der Waals surface area (Å²) < 4.78 is 0. The zero-order valence-electron chi connectivity index (χ0n) is 11.2. The number of amides is 1. The minimum absolute atomic E-state index is 0.0369. The van der Waals surface area contributed by atoms with Crippen LogP contribution in [0.5, 0.6) is 0 Å². The third-order valence-electron chi connectivity index (χ3n) is 3.23. The van der Waals surface area contributed by atoms with E-state index in [1.807, 2.05) is 0 Å². The highest BCUT2D eigenvalue weighted by Crippen LogP contribution is 2.08. The number of carbonyl (C=O) groups excluding carboxylic acids is 1. The van der Waals surface area contributed by atoms with E-state index in [9.17, 15) is 9.59 Å². The van der Waals surface area contributed by atoms with Crippen molar-refractivity contribution in [1.29, 1.82) is 0 Å². The average molecular weight is 256 g/mol. The van der Waals surface area contributed by atoms with Crippen molar-refractivity contribution in [2.24, 2.45) is 5.92 Å². The number of carbonyl (C=O) groups is 2. The zero-order chi connectivity index (χ0) is 13.4. The highest BCUT2D eigenvalue weighted by molar-refractivity contribution is 5.77. The molecule has 1 aliphatic heterocycles. The Labute approximate surface area is 109 Å². The summed E-state index contributed by atoms with van der Waals surface area (Å²) in [7, 11) is 0. The molecule has 1 saturated heterocycles. The fourth-order valence-corrected chi connectivity index (χ4v) is 2.30. The maximum Gasteiger partial charge on any atom is 0.303 e. The van der Waals surface area contributed by atoms with Crippen molar-refractivity contribution in [1.82, 2.24) is 10.2 Å². The van der Waals surface area contributed by atoms with Crippen LogP contribution in [0, 0.1) is 5.92 Å². The van der Waals surface area contributed by atoms with Gasteiger partial charge in [-0.1, -0.05) is 6.92 Å². The lowest BCUT2D eigenvalue weighted by Crippen LogP contribution is -2.29. The van der Waals surface area contributed by atoms with Crippen molar-refractivity contribution in [2.75, 3.05) is 26.2 Å². The Morgan fingerprint density at radius 3 is 2.56 bits per heavy atom. The third-order valence-corrected chi connectivity index (χ3v) is 3.23. The summed E-state index contributed by atoms with van der Waals surface area (Å²) >= 11 is 0. The van der Waals surface area contributed by atoms with Crippen molar-refractivity contribution in [2.45, 2.75) is 39.0 Å². The molecule has 0 bridgehead atoms. The number of likely N-dealkylation sites (tertiary alicyclic amines) is 1. The van der Waals surface area contributed by atoms with Crippen molar-refractivity contribution in [3.63, 3.8) is 0 Å². The fourth-order valence-electron chi connectivity index (χ4n) is 2.30. The maximum atomic E-state index is 11.5. The van der Waals surface area contributed by atoms with Crippen LogP contribution in [-0.2, 0) is 9.59 Å². The van der Waals surface area contributed by atoms with Gasteiger partial charge in [0.05, 0.1) is 0 Å². The summed E-state index contributed by atoms with van der Waals surface area (Å²) in [4.78, 5) is 24.4. The van der Waals surface area contributed by atoms with E-state index in [1.54, 1.807) is 6.92 Å². The first kappa shape index (κ1) is 15.0. The lowest BCUT2D eigenvalue weighted by Gasteiger charge is -2.14. The van der Waals surface area contributed by atoms with Crippen LogP contribution in [0.3, 0.4) is 0 Å². The summed E-state index contributed by atoms with van der Waals surface area (Å²) in [5, 5.41) is 11.4. The number of nitrogens with zero attached hydrogens (tertiary/aromatic N) is 1. The molecule has 0 aromatic carbocycles. The predicted molar refractivity (Wildman–Crippen MR) is 69.3 cm³/mol. The lowest BCUT2D eigenvalue weighted by molar-refractivity contribution is -0.138. The normalized spacial score (nSPS) is 17.6. The van der Waals surface area contributed by atoms with Crippen LogP contribution in [0.2, 0.25) is 0 Å². The van der Waals surface area contributed by atoms with Crippen LogP contribution in [0.4, 0.5) is 0 Å². The lowest BCUT2D eigenvalue weighted by atomic mass is 10.0. The molecule has 1 amide bonds. The zero-order valence-corrected chi connectivity index (χ0v) is 11.2. The number of carboxylic acids is 1. The highest BCUT2D eigenvalue weighted by atomic mass is 16.4. The molecule has 1 unspecified atom stereocenters.